The van der Waals surface area contributed by atoms with Crippen LogP contribution in [0, 0.1) is 0 Å². The topological polar surface area (TPSA) is 35.9 Å². The summed E-state index contributed by atoms with van der Waals surface area (Å²) in [5.74, 6) is 0. The van der Waals surface area contributed by atoms with Crippen LogP contribution in [0.2, 0.25) is 0 Å². The van der Waals surface area contributed by atoms with E-state index in [9.17, 15) is 5.11 Å². The van der Waals surface area contributed by atoms with E-state index in [2.05, 4.69) is 41.1 Å². The lowest BCUT2D eigenvalue weighted by atomic mass is 10.3. The van der Waals surface area contributed by atoms with Gasteiger partial charge in [0.25, 0.3) is 0 Å². The van der Waals surface area contributed by atoms with Gasteiger partial charge in [-0.05, 0) is 12.8 Å². The molecule has 1 rings (SSSR count). The lowest BCUT2D eigenvalue weighted by Gasteiger charge is -2.35. The lowest BCUT2D eigenvalue weighted by molar-refractivity contribution is -0.0144. The van der Waals surface area contributed by atoms with Crippen molar-refractivity contribution in [2.24, 2.45) is 0 Å². The molecule has 1 unspecified atom stereocenters. The average Bonchev–Trinajstić information content (AvgIpc) is 2.36. The van der Waals surface area contributed by atoms with Crippen LogP contribution in [0.15, 0.2) is 0 Å². The summed E-state index contributed by atoms with van der Waals surface area (Å²) in [7, 11) is 0. The molecule has 0 aliphatic carbocycles. The third-order valence-corrected chi connectivity index (χ3v) is 4.45. The van der Waals surface area contributed by atoms with Crippen molar-refractivity contribution >= 4 is 44.1 Å². The van der Waals surface area contributed by atoms with E-state index in [1.54, 1.807) is 0 Å². The molecule has 0 spiro atoms. The van der Waals surface area contributed by atoms with Crippen LogP contribution in [0.5, 0.6) is 0 Å². The van der Waals surface area contributed by atoms with Gasteiger partial charge in [-0.2, -0.15) is 0 Å². The van der Waals surface area contributed by atoms with Gasteiger partial charge in [-0.1, -0.05) is 31.9 Å². The molecule has 1 saturated heterocycles. The highest BCUT2D eigenvalue weighted by molar-refractivity contribution is 9.09. The molecule has 0 amide bonds. The summed E-state index contributed by atoms with van der Waals surface area (Å²) in [6.07, 6.45) is 1.52. The van der Waals surface area contributed by atoms with Crippen molar-refractivity contribution in [1.82, 2.24) is 9.21 Å². The molecule has 17 heavy (non-hydrogen) atoms. The fourth-order valence-electron chi connectivity index (χ4n) is 1.58. The normalized spacial score (nSPS) is 20.6. The second kappa shape index (κ2) is 10.00. The molecule has 1 heterocycles. The van der Waals surface area contributed by atoms with Gasteiger partial charge >= 0.3 is 0 Å². The van der Waals surface area contributed by atoms with Gasteiger partial charge in [-0.15, -0.1) is 0 Å². The first kappa shape index (κ1) is 16.2. The molecule has 1 aliphatic heterocycles. The molecule has 1 aliphatic rings. The summed E-state index contributed by atoms with van der Waals surface area (Å²) in [5.41, 5.74) is 0. The van der Waals surface area contributed by atoms with Crippen molar-refractivity contribution < 1.29 is 9.29 Å². The van der Waals surface area contributed by atoms with Crippen LogP contribution in [0.25, 0.3) is 0 Å². The standard InChI is InChI=1S/C10H20Br2N2O2S/c11-3-1-9-16-17-14-7-5-13(6-8-14)10(15)2-4-12/h10,15H,1-9H2. The van der Waals surface area contributed by atoms with E-state index in [1.165, 1.54) is 12.2 Å². The summed E-state index contributed by atoms with van der Waals surface area (Å²) < 4.78 is 7.69. The summed E-state index contributed by atoms with van der Waals surface area (Å²) in [6.45, 7) is 4.48. The first-order valence-corrected chi connectivity index (χ1v) is 8.80. The van der Waals surface area contributed by atoms with Crippen LogP contribution < -0.4 is 0 Å². The number of halogens is 2. The highest BCUT2D eigenvalue weighted by Crippen LogP contribution is 2.16. The molecule has 7 heteroatoms. The van der Waals surface area contributed by atoms with E-state index in [4.69, 9.17) is 4.18 Å². The number of hydrogen-bond acceptors (Lipinski definition) is 5. The van der Waals surface area contributed by atoms with Gasteiger partial charge in [-0.25, -0.2) is 4.31 Å². The van der Waals surface area contributed by atoms with Gasteiger partial charge < -0.3 is 9.29 Å². The third-order valence-electron chi connectivity index (χ3n) is 2.58. The minimum atomic E-state index is -0.309. The number of nitrogens with zero attached hydrogens (tertiary/aromatic N) is 2. The zero-order valence-electron chi connectivity index (χ0n) is 9.86. The number of alkyl halides is 2. The van der Waals surface area contributed by atoms with Crippen molar-refractivity contribution in [2.75, 3.05) is 43.4 Å². The monoisotopic (exact) mass is 390 g/mol. The molecule has 0 bridgehead atoms. The Labute approximate surface area is 125 Å². The minimum Gasteiger partial charge on any atom is -0.378 e. The molecule has 4 nitrogen and oxygen atoms in total. The quantitative estimate of drug-likeness (QED) is 0.296. The van der Waals surface area contributed by atoms with Crippen molar-refractivity contribution in [3.8, 4) is 0 Å². The van der Waals surface area contributed by atoms with Gasteiger partial charge in [0.2, 0.25) is 0 Å². The molecule has 1 fully saturated rings. The van der Waals surface area contributed by atoms with Crippen LogP contribution in [0.4, 0.5) is 0 Å². The molecule has 0 radical (unpaired) electrons. The van der Waals surface area contributed by atoms with E-state index in [0.717, 1.165) is 56.3 Å². The molecule has 102 valence electrons. The van der Waals surface area contributed by atoms with Crippen molar-refractivity contribution in [1.29, 1.82) is 0 Å². The predicted molar refractivity (Wildman–Crippen MR) is 79.5 cm³/mol. The molecule has 1 atom stereocenters. The molecule has 0 aromatic carbocycles. The summed E-state index contributed by atoms with van der Waals surface area (Å²) in [4.78, 5) is 2.12. The minimum absolute atomic E-state index is 0.309. The molecular weight excluding hydrogens is 372 g/mol. The zero-order valence-corrected chi connectivity index (χ0v) is 13.8. The van der Waals surface area contributed by atoms with Crippen molar-refractivity contribution in [2.45, 2.75) is 19.1 Å². The predicted octanol–water partition coefficient (Wildman–Crippen LogP) is 2.07. The van der Waals surface area contributed by atoms with Gasteiger partial charge in [-0.3, -0.25) is 4.90 Å². The molecule has 0 aromatic heterocycles. The summed E-state index contributed by atoms with van der Waals surface area (Å²) in [5, 5.41) is 11.7. The van der Waals surface area contributed by atoms with Crippen LogP contribution in [-0.4, -0.2) is 64.0 Å². The Morgan fingerprint density at radius 1 is 1.18 bits per heavy atom. The largest absolute Gasteiger partial charge is 0.378 e. The molecule has 0 saturated carbocycles. The SMILES string of the molecule is OC(CCBr)N1CCN(SOCCCBr)CC1. The molecule has 0 aromatic rings. The van der Waals surface area contributed by atoms with E-state index < -0.39 is 0 Å². The average molecular weight is 392 g/mol. The van der Waals surface area contributed by atoms with Crippen molar-refractivity contribution in [3.63, 3.8) is 0 Å². The van der Waals surface area contributed by atoms with Crippen LogP contribution >= 0.6 is 44.1 Å². The van der Waals surface area contributed by atoms with Crippen molar-refractivity contribution in [3.05, 3.63) is 0 Å². The maximum atomic E-state index is 9.84. The number of hydrogen-bond donors (Lipinski definition) is 1. The fraction of sp³-hybridized carbons (Fsp3) is 1.00. The van der Waals surface area contributed by atoms with E-state index >= 15 is 0 Å². The maximum Gasteiger partial charge on any atom is 0.108 e. The van der Waals surface area contributed by atoms with E-state index in [1.807, 2.05) is 0 Å². The third kappa shape index (κ3) is 6.75. The Hall–Kier alpha value is 1.15. The van der Waals surface area contributed by atoms with E-state index in [-0.39, 0.29) is 6.23 Å². The number of piperazine rings is 1. The maximum absolute atomic E-state index is 9.84. The first-order valence-electron chi connectivity index (χ1n) is 5.86. The van der Waals surface area contributed by atoms with Gasteiger partial charge in [0, 0.05) is 36.8 Å². The van der Waals surface area contributed by atoms with Gasteiger partial charge in [0.15, 0.2) is 0 Å². The Morgan fingerprint density at radius 2 is 1.88 bits per heavy atom. The smallest absolute Gasteiger partial charge is 0.108 e. The zero-order chi connectivity index (χ0) is 12.5. The van der Waals surface area contributed by atoms with Crippen LogP contribution in [-0.2, 0) is 4.18 Å². The number of rotatable bonds is 8. The fourth-order valence-corrected chi connectivity index (χ4v) is 2.87. The Morgan fingerprint density at radius 3 is 2.47 bits per heavy atom. The van der Waals surface area contributed by atoms with Gasteiger partial charge in [0.1, 0.15) is 6.23 Å². The Kier molecular flexibility index (Phi) is 9.53. The summed E-state index contributed by atoms with van der Waals surface area (Å²) >= 11 is 8.18. The molecule has 1 N–H and O–H groups in total. The Balaban J connectivity index is 2.08. The Bertz CT molecular complexity index is 195. The number of aliphatic hydroxyl groups is 1. The molecular formula is C10H20Br2N2O2S. The lowest BCUT2D eigenvalue weighted by Crippen LogP contribution is -2.48. The highest BCUT2D eigenvalue weighted by Gasteiger charge is 2.22. The summed E-state index contributed by atoms with van der Waals surface area (Å²) in [6, 6.07) is 0. The second-order valence-electron chi connectivity index (χ2n) is 3.86. The second-order valence-corrected chi connectivity index (χ2v) is 6.35. The number of aliphatic hydroxyl groups excluding tert-OH is 1. The van der Waals surface area contributed by atoms with Gasteiger partial charge in [0.05, 0.1) is 18.8 Å². The van der Waals surface area contributed by atoms with E-state index in [0.29, 0.717) is 0 Å². The van der Waals surface area contributed by atoms with Crippen LogP contribution in [0.1, 0.15) is 12.8 Å². The van der Waals surface area contributed by atoms with Crippen LogP contribution in [0.3, 0.4) is 0 Å². The first-order chi connectivity index (χ1) is 8.27. The highest BCUT2D eigenvalue weighted by atomic mass is 79.9.